The molecule has 1 heterocycles. The van der Waals surface area contributed by atoms with E-state index in [1.807, 2.05) is 6.07 Å². The molecular formula is C12H16FNO. The molecule has 2 nitrogen and oxygen atoms in total. The van der Waals surface area contributed by atoms with Crippen LogP contribution in [0.5, 0.6) is 0 Å². The van der Waals surface area contributed by atoms with Crippen LogP contribution in [0.3, 0.4) is 0 Å². The highest BCUT2D eigenvalue weighted by molar-refractivity contribution is 5.16. The SMILES string of the molecule is Fc1cccc(CCCOC2CNC2)c1. The fourth-order valence-electron chi connectivity index (χ4n) is 1.60. The normalized spacial score (nSPS) is 16.3. The lowest BCUT2D eigenvalue weighted by molar-refractivity contribution is 0.0179. The standard InChI is InChI=1S/C12H16FNO/c13-11-5-1-3-10(7-11)4-2-6-15-12-8-14-9-12/h1,3,5,7,12,14H,2,4,6,8-9H2. The molecule has 0 bridgehead atoms. The molecule has 0 saturated carbocycles. The van der Waals surface area contributed by atoms with Crippen LogP contribution in [-0.2, 0) is 11.2 Å². The Kier molecular flexibility index (Phi) is 3.69. The molecule has 1 N–H and O–H groups in total. The van der Waals surface area contributed by atoms with Gasteiger partial charge in [-0.1, -0.05) is 12.1 Å². The van der Waals surface area contributed by atoms with E-state index < -0.39 is 0 Å². The third-order valence-corrected chi connectivity index (χ3v) is 2.60. The van der Waals surface area contributed by atoms with Gasteiger partial charge in [0.1, 0.15) is 5.82 Å². The van der Waals surface area contributed by atoms with E-state index in [-0.39, 0.29) is 5.82 Å². The summed E-state index contributed by atoms with van der Waals surface area (Å²) in [6.07, 6.45) is 2.25. The topological polar surface area (TPSA) is 21.3 Å². The van der Waals surface area contributed by atoms with Gasteiger partial charge in [-0.15, -0.1) is 0 Å². The molecule has 1 fully saturated rings. The Labute approximate surface area is 89.4 Å². The first kappa shape index (κ1) is 10.6. The molecule has 0 radical (unpaired) electrons. The van der Waals surface area contributed by atoms with E-state index in [4.69, 9.17) is 4.74 Å². The van der Waals surface area contributed by atoms with E-state index in [1.165, 1.54) is 6.07 Å². The van der Waals surface area contributed by atoms with Crippen LogP contribution in [0.25, 0.3) is 0 Å². The molecular weight excluding hydrogens is 193 g/mol. The number of aryl methyl sites for hydroxylation is 1. The summed E-state index contributed by atoms with van der Waals surface area (Å²) < 4.78 is 18.4. The van der Waals surface area contributed by atoms with Gasteiger partial charge in [0.25, 0.3) is 0 Å². The minimum absolute atomic E-state index is 0.156. The Morgan fingerprint density at radius 1 is 1.40 bits per heavy atom. The average Bonchev–Trinajstić information content (AvgIpc) is 2.15. The zero-order valence-electron chi connectivity index (χ0n) is 8.71. The van der Waals surface area contributed by atoms with Crippen molar-refractivity contribution in [3.8, 4) is 0 Å². The summed E-state index contributed by atoms with van der Waals surface area (Å²) >= 11 is 0. The molecule has 15 heavy (non-hydrogen) atoms. The molecule has 0 aromatic heterocycles. The van der Waals surface area contributed by atoms with E-state index in [2.05, 4.69) is 5.32 Å². The summed E-state index contributed by atoms with van der Waals surface area (Å²) in [6, 6.07) is 6.76. The van der Waals surface area contributed by atoms with Crippen molar-refractivity contribution in [3.63, 3.8) is 0 Å². The maximum Gasteiger partial charge on any atom is 0.123 e. The number of benzene rings is 1. The molecule has 1 aliphatic heterocycles. The molecule has 0 atom stereocenters. The molecule has 82 valence electrons. The van der Waals surface area contributed by atoms with Gasteiger partial charge in [0.15, 0.2) is 0 Å². The van der Waals surface area contributed by atoms with Crippen LogP contribution < -0.4 is 5.32 Å². The minimum atomic E-state index is -0.156. The molecule has 1 saturated heterocycles. The van der Waals surface area contributed by atoms with Crippen molar-refractivity contribution in [1.29, 1.82) is 0 Å². The van der Waals surface area contributed by atoms with E-state index in [1.54, 1.807) is 12.1 Å². The summed E-state index contributed by atoms with van der Waals surface area (Å²) in [5.41, 5.74) is 1.05. The predicted molar refractivity (Wildman–Crippen MR) is 57.3 cm³/mol. The Bertz CT molecular complexity index is 312. The van der Waals surface area contributed by atoms with Gasteiger partial charge >= 0.3 is 0 Å². The summed E-state index contributed by atoms with van der Waals surface area (Å²) in [6.45, 7) is 2.71. The van der Waals surface area contributed by atoms with Crippen molar-refractivity contribution in [2.45, 2.75) is 18.9 Å². The molecule has 0 spiro atoms. The Morgan fingerprint density at radius 2 is 2.27 bits per heavy atom. The Morgan fingerprint density at radius 3 is 2.93 bits per heavy atom. The number of ether oxygens (including phenoxy) is 1. The first-order valence-corrected chi connectivity index (χ1v) is 5.41. The Hall–Kier alpha value is -0.930. The maximum atomic E-state index is 12.8. The quantitative estimate of drug-likeness (QED) is 0.746. The highest BCUT2D eigenvalue weighted by Crippen LogP contribution is 2.07. The lowest BCUT2D eigenvalue weighted by atomic mass is 10.1. The van der Waals surface area contributed by atoms with Crippen LogP contribution >= 0.6 is 0 Å². The van der Waals surface area contributed by atoms with Gasteiger partial charge in [-0.2, -0.15) is 0 Å². The van der Waals surface area contributed by atoms with E-state index >= 15 is 0 Å². The van der Waals surface area contributed by atoms with Crippen molar-refractivity contribution in [2.24, 2.45) is 0 Å². The van der Waals surface area contributed by atoms with Crippen molar-refractivity contribution in [1.82, 2.24) is 5.32 Å². The fourth-order valence-corrected chi connectivity index (χ4v) is 1.60. The second-order valence-electron chi connectivity index (χ2n) is 3.88. The van der Waals surface area contributed by atoms with Crippen LogP contribution in [-0.4, -0.2) is 25.8 Å². The number of hydrogen-bond acceptors (Lipinski definition) is 2. The summed E-state index contributed by atoms with van der Waals surface area (Å²) in [4.78, 5) is 0. The van der Waals surface area contributed by atoms with Crippen LogP contribution in [0.15, 0.2) is 24.3 Å². The Balaban J connectivity index is 1.64. The fraction of sp³-hybridized carbons (Fsp3) is 0.500. The van der Waals surface area contributed by atoms with Gasteiger partial charge in [-0.3, -0.25) is 0 Å². The number of hydrogen-bond donors (Lipinski definition) is 1. The van der Waals surface area contributed by atoms with Crippen LogP contribution in [0.1, 0.15) is 12.0 Å². The third-order valence-electron chi connectivity index (χ3n) is 2.60. The molecule has 1 aliphatic rings. The number of nitrogens with one attached hydrogen (secondary N) is 1. The average molecular weight is 209 g/mol. The monoisotopic (exact) mass is 209 g/mol. The zero-order valence-corrected chi connectivity index (χ0v) is 8.71. The van der Waals surface area contributed by atoms with Gasteiger partial charge in [0.05, 0.1) is 6.10 Å². The third kappa shape index (κ3) is 3.29. The first-order chi connectivity index (χ1) is 7.34. The van der Waals surface area contributed by atoms with Gasteiger partial charge in [-0.05, 0) is 30.5 Å². The van der Waals surface area contributed by atoms with Crippen molar-refractivity contribution in [2.75, 3.05) is 19.7 Å². The van der Waals surface area contributed by atoms with Crippen molar-refractivity contribution < 1.29 is 9.13 Å². The first-order valence-electron chi connectivity index (χ1n) is 5.41. The number of rotatable bonds is 5. The van der Waals surface area contributed by atoms with Crippen LogP contribution in [0, 0.1) is 5.82 Å². The maximum absolute atomic E-state index is 12.8. The van der Waals surface area contributed by atoms with Gasteiger partial charge in [0, 0.05) is 19.7 Å². The highest BCUT2D eigenvalue weighted by atomic mass is 19.1. The van der Waals surface area contributed by atoms with E-state index in [0.717, 1.165) is 38.1 Å². The van der Waals surface area contributed by atoms with Crippen molar-refractivity contribution >= 4 is 0 Å². The van der Waals surface area contributed by atoms with E-state index in [0.29, 0.717) is 6.10 Å². The lowest BCUT2D eigenvalue weighted by Crippen LogP contribution is -2.48. The molecule has 2 rings (SSSR count). The molecule has 0 unspecified atom stereocenters. The van der Waals surface area contributed by atoms with Crippen molar-refractivity contribution in [3.05, 3.63) is 35.6 Å². The smallest absolute Gasteiger partial charge is 0.123 e. The molecule has 3 heteroatoms. The highest BCUT2D eigenvalue weighted by Gasteiger charge is 2.16. The minimum Gasteiger partial charge on any atom is -0.376 e. The van der Waals surface area contributed by atoms with Crippen LogP contribution in [0.4, 0.5) is 4.39 Å². The lowest BCUT2D eigenvalue weighted by Gasteiger charge is -2.27. The molecule has 0 amide bonds. The van der Waals surface area contributed by atoms with Gasteiger partial charge < -0.3 is 10.1 Å². The predicted octanol–water partition coefficient (Wildman–Crippen LogP) is 1.75. The zero-order chi connectivity index (χ0) is 10.5. The molecule has 0 aliphatic carbocycles. The largest absolute Gasteiger partial charge is 0.376 e. The van der Waals surface area contributed by atoms with Gasteiger partial charge in [-0.25, -0.2) is 4.39 Å². The van der Waals surface area contributed by atoms with E-state index in [9.17, 15) is 4.39 Å². The summed E-state index contributed by atoms with van der Waals surface area (Å²) in [5, 5.41) is 3.15. The number of halogens is 1. The van der Waals surface area contributed by atoms with Crippen LogP contribution in [0.2, 0.25) is 0 Å². The molecule has 1 aromatic rings. The van der Waals surface area contributed by atoms with Gasteiger partial charge in [0.2, 0.25) is 0 Å². The summed E-state index contributed by atoms with van der Waals surface area (Å²) in [5.74, 6) is -0.156. The second kappa shape index (κ2) is 5.24. The summed E-state index contributed by atoms with van der Waals surface area (Å²) in [7, 11) is 0. The molecule has 1 aromatic carbocycles. The second-order valence-corrected chi connectivity index (χ2v) is 3.88.